The minimum Gasteiger partial charge on any atom is -0.453 e. The Hall–Kier alpha value is -5.45. The number of fused-ring (bicyclic) bond motifs is 1. The van der Waals surface area contributed by atoms with Gasteiger partial charge in [0.2, 0.25) is 11.8 Å². The van der Waals surface area contributed by atoms with Gasteiger partial charge in [0.05, 0.1) is 47.8 Å². The Bertz CT molecular complexity index is 2100. The molecule has 256 valence electrons. The van der Waals surface area contributed by atoms with Crippen molar-refractivity contribution in [3.8, 4) is 22.4 Å². The number of para-hydroxylation sites is 1. The van der Waals surface area contributed by atoms with E-state index in [0.29, 0.717) is 13.0 Å². The van der Waals surface area contributed by atoms with E-state index in [1.54, 1.807) is 0 Å². The molecule has 0 unspecified atom stereocenters. The summed E-state index contributed by atoms with van der Waals surface area (Å²) in [5.74, 6) is 1.50. The van der Waals surface area contributed by atoms with Gasteiger partial charge < -0.3 is 29.8 Å². The maximum Gasteiger partial charge on any atom is 0.407 e. The number of hydrogen-bond donors (Lipinski definition) is 3. The van der Waals surface area contributed by atoms with E-state index < -0.39 is 12.1 Å². The van der Waals surface area contributed by atoms with Crippen LogP contribution in [0, 0.1) is 5.92 Å². The normalized spacial score (nSPS) is 19.2. The van der Waals surface area contributed by atoms with Crippen molar-refractivity contribution in [3.05, 3.63) is 89.6 Å². The molecule has 3 aliphatic heterocycles. The van der Waals surface area contributed by atoms with Crippen LogP contribution in [0.25, 0.3) is 33.4 Å². The van der Waals surface area contributed by atoms with E-state index in [9.17, 15) is 14.4 Å². The second-order valence-corrected chi connectivity index (χ2v) is 13.9. The first-order valence-electron chi connectivity index (χ1n) is 17.5. The number of ether oxygens (including phenoxy) is 1. The lowest BCUT2D eigenvalue weighted by Gasteiger charge is -2.29. The number of aromatic nitrogens is 4. The summed E-state index contributed by atoms with van der Waals surface area (Å²) in [6.07, 6.45) is 6.02. The van der Waals surface area contributed by atoms with Crippen molar-refractivity contribution in [2.75, 3.05) is 18.6 Å². The fourth-order valence-corrected chi connectivity index (χ4v) is 7.90. The number of H-pyrrole nitrogens is 2. The molecule has 3 atom stereocenters. The number of alkyl carbamates (subject to hydrolysis) is 1. The topological polar surface area (TPSA) is 136 Å². The van der Waals surface area contributed by atoms with Crippen LogP contribution in [0.4, 0.5) is 10.5 Å². The number of hydrogen-bond acceptors (Lipinski definition) is 6. The summed E-state index contributed by atoms with van der Waals surface area (Å²) in [5.41, 5.74) is 9.33. The van der Waals surface area contributed by atoms with Gasteiger partial charge in [0.1, 0.15) is 17.7 Å². The Morgan fingerprint density at radius 3 is 2.50 bits per heavy atom. The highest BCUT2D eigenvalue weighted by molar-refractivity contribution is 5.98. The lowest BCUT2D eigenvalue weighted by molar-refractivity contribution is -0.135. The van der Waals surface area contributed by atoms with E-state index in [4.69, 9.17) is 14.7 Å². The van der Waals surface area contributed by atoms with Crippen LogP contribution >= 0.6 is 0 Å². The number of likely N-dealkylation sites (tertiary alicyclic amines) is 1. The van der Waals surface area contributed by atoms with E-state index in [-0.39, 0.29) is 29.8 Å². The molecule has 3 aliphatic rings. The Balaban J connectivity index is 0.997. The van der Waals surface area contributed by atoms with Gasteiger partial charge in [0.15, 0.2) is 0 Å². The summed E-state index contributed by atoms with van der Waals surface area (Å²) in [6, 6.07) is 19.9. The highest BCUT2D eigenvalue weighted by atomic mass is 16.5. The third-order valence-corrected chi connectivity index (χ3v) is 10.5. The molecule has 8 rings (SSSR count). The second-order valence-electron chi connectivity index (χ2n) is 13.9. The first-order chi connectivity index (χ1) is 24.3. The quantitative estimate of drug-likeness (QED) is 0.178. The van der Waals surface area contributed by atoms with Crippen molar-refractivity contribution in [2.45, 2.75) is 70.5 Å². The fraction of sp³-hybridized carbons (Fsp3) is 0.359. The van der Waals surface area contributed by atoms with Crippen molar-refractivity contribution in [3.63, 3.8) is 0 Å². The van der Waals surface area contributed by atoms with Crippen molar-refractivity contribution < 1.29 is 19.1 Å². The van der Waals surface area contributed by atoms with Gasteiger partial charge in [-0.2, -0.15) is 0 Å². The average molecular weight is 672 g/mol. The van der Waals surface area contributed by atoms with Crippen LogP contribution in [-0.4, -0.2) is 62.4 Å². The Morgan fingerprint density at radius 1 is 0.920 bits per heavy atom. The van der Waals surface area contributed by atoms with Gasteiger partial charge in [0.25, 0.3) is 0 Å². The van der Waals surface area contributed by atoms with Gasteiger partial charge in [-0.25, -0.2) is 14.8 Å². The van der Waals surface area contributed by atoms with Crippen LogP contribution in [-0.2, 0) is 27.2 Å². The second kappa shape index (κ2) is 12.8. The summed E-state index contributed by atoms with van der Waals surface area (Å²) in [4.78, 5) is 59.2. The van der Waals surface area contributed by atoms with Crippen LogP contribution in [0.3, 0.4) is 0 Å². The Labute approximate surface area is 290 Å². The number of rotatable bonds is 7. The maximum atomic E-state index is 13.6. The van der Waals surface area contributed by atoms with E-state index in [1.807, 2.05) is 35.9 Å². The van der Waals surface area contributed by atoms with Gasteiger partial charge in [0, 0.05) is 19.4 Å². The fourth-order valence-electron chi connectivity index (χ4n) is 7.90. The smallest absolute Gasteiger partial charge is 0.407 e. The number of methoxy groups -OCH3 is 1. The molecule has 0 radical (unpaired) electrons. The molecule has 2 aromatic heterocycles. The van der Waals surface area contributed by atoms with Crippen LogP contribution in [0.15, 0.2) is 66.9 Å². The Morgan fingerprint density at radius 2 is 1.70 bits per heavy atom. The zero-order chi connectivity index (χ0) is 34.5. The summed E-state index contributed by atoms with van der Waals surface area (Å²) in [5, 5.41) is 2.71. The number of amides is 3. The molecule has 3 aromatic carbocycles. The van der Waals surface area contributed by atoms with Crippen LogP contribution in [0.5, 0.6) is 0 Å². The molecule has 5 aromatic rings. The monoisotopic (exact) mass is 671 g/mol. The lowest BCUT2D eigenvalue weighted by Crippen LogP contribution is -2.51. The van der Waals surface area contributed by atoms with E-state index in [0.717, 1.165) is 82.9 Å². The predicted molar refractivity (Wildman–Crippen MR) is 190 cm³/mol. The molecule has 1 fully saturated rings. The molecule has 0 saturated carbocycles. The molecular weight excluding hydrogens is 630 g/mol. The summed E-state index contributed by atoms with van der Waals surface area (Å²) in [6.45, 7) is 4.43. The molecule has 0 aliphatic carbocycles. The zero-order valence-corrected chi connectivity index (χ0v) is 28.5. The molecule has 5 heterocycles. The van der Waals surface area contributed by atoms with Crippen molar-refractivity contribution in [1.82, 2.24) is 30.2 Å². The number of anilines is 1. The molecule has 11 nitrogen and oxygen atoms in total. The van der Waals surface area contributed by atoms with Crippen LogP contribution in [0.1, 0.15) is 74.4 Å². The van der Waals surface area contributed by atoms with Crippen molar-refractivity contribution >= 4 is 34.6 Å². The third-order valence-electron chi connectivity index (χ3n) is 10.5. The third kappa shape index (κ3) is 5.60. The highest BCUT2D eigenvalue weighted by Gasteiger charge is 2.39. The van der Waals surface area contributed by atoms with Gasteiger partial charge in [-0.3, -0.25) is 9.59 Å². The van der Waals surface area contributed by atoms with Gasteiger partial charge in [-0.15, -0.1) is 0 Å². The SMILES string of the molecule is COC(=O)N[C@H](C(=O)N1CCC[C@H]1c1nc2ccc(-c3ccc(-c4cnc([C@@H]5Cc6cccc7c6N5C(=O)CCC7)[nH]4)cc3)cc2[nH]1)C(C)C. The molecular formula is C39H41N7O4. The molecule has 11 heteroatoms. The summed E-state index contributed by atoms with van der Waals surface area (Å²) >= 11 is 0. The van der Waals surface area contributed by atoms with E-state index in [2.05, 4.69) is 69.9 Å². The predicted octanol–water partition coefficient (Wildman–Crippen LogP) is 6.63. The van der Waals surface area contributed by atoms with Gasteiger partial charge in [-0.1, -0.05) is 62.4 Å². The number of aromatic amines is 2. The molecule has 3 N–H and O–H groups in total. The first kappa shape index (κ1) is 31.8. The molecule has 50 heavy (non-hydrogen) atoms. The summed E-state index contributed by atoms with van der Waals surface area (Å²) < 4.78 is 4.77. The maximum absolute atomic E-state index is 13.6. The number of carbonyl (C=O) groups excluding carboxylic acids is 3. The van der Waals surface area contributed by atoms with Crippen molar-refractivity contribution in [1.29, 1.82) is 0 Å². The number of aryl methyl sites for hydroxylation is 1. The zero-order valence-electron chi connectivity index (χ0n) is 28.5. The molecule has 0 spiro atoms. The number of nitrogens with zero attached hydrogens (tertiary/aromatic N) is 4. The number of nitrogens with one attached hydrogen (secondary N) is 3. The number of carbonyl (C=O) groups is 3. The lowest BCUT2D eigenvalue weighted by atomic mass is 10.0. The molecule has 3 amide bonds. The summed E-state index contributed by atoms with van der Waals surface area (Å²) in [7, 11) is 1.30. The Kier molecular flexibility index (Phi) is 8.13. The van der Waals surface area contributed by atoms with Crippen LogP contribution in [0.2, 0.25) is 0 Å². The molecule has 0 bridgehead atoms. The first-order valence-corrected chi connectivity index (χ1v) is 17.5. The standard InChI is InChI=1S/C39H41N7O4/c1-22(2)34(44-39(49)50-3)38(48)45-18-6-10-31(45)37-41-28-17-16-26(19-29(28)42-37)23-12-14-24(15-13-23)30-21-40-36(43-30)32-20-27-9-4-7-25-8-5-11-33(47)46(32)35(25)27/h4,7,9,12-17,19,21-22,31-32,34H,5-6,8,10-11,18,20H2,1-3H3,(H,40,43)(H,41,42)(H,44,49)/t31-,32-,34-/m0/s1. The van der Waals surface area contributed by atoms with Gasteiger partial charge >= 0.3 is 6.09 Å². The van der Waals surface area contributed by atoms with Crippen LogP contribution < -0.4 is 10.2 Å². The van der Waals surface area contributed by atoms with Crippen molar-refractivity contribution in [2.24, 2.45) is 5.92 Å². The minimum atomic E-state index is -0.679. The minimum absolute atomic E-state index is 0.0960. The highest BCUT2D eigenvalue weighted by Crippen LogP contribution is 2.44. The largest absolute Gasteiger partial charge is 0.453 e. The van der Waals surface area contributed by atoms with E-state index in [1.165, 1.54) is 18.2 Å². The number of imidazole rings is 2. The van der Waals surface area contributed by atoms with Gasteiger partial charge in [-0.05, 0) is 71.6 Å². The average Bonchev–Trinajstić information content (AvgIpc) is 3.93. The molecule has 1 saturated heterocycles. The van der Waals surface area contributed by atoms with E-state index >= 15 is 0 Å². The number of benzene rings is 3.